The third kappa shape index (κ3) is 6.47. The van der Waals surface area contributed by atoms with Gasteiger partial charge in [-0.1, -0.05) is 12.1 Å². The number of benzene rings is 1. The number of aryl methyl sites for hydroxylation is 2. The highest BCUT2D eigenvalue weighted by Gasteiger charge is 2.24. The van der Waals surface area contributed by atoms with Gasteiger partial charge in [0.05, 0.1) is 30.0 Å². The van der Waals surface area contributed by atoms with Crippen LogP contribution in [0.2, 0.25) is 0 Å². The summed E-state index contributed by atoms with van der Waals surface area (Å²) in [7, 11) is 1.74. The Labute approximate surface area is 195 Å². The number of rotatable bonds is 7. The average molecular weight is 529 g/mol. The Morgan fingerprint density at radius 1 is 1.31 bits per heavy atom. The fourth-order valence-electron chi connectivity index (χ4n) is 3.56. The second-order valence-electron chi connectivity index (χ2n) is 7.09. The summed E-state index contributed by atoms with van der Waals surface area (Å²) in [6.07, 6.45) is 1.16. The number of thiazole rings is 1. The van der Waals surface area contributed by atoms with Gasteiger partial charge in [-0.3, -0.25) is 0 Å². The first-order valence-corrected chi connectivity index (χ1v) is 10.8. The third-order valence-electron chi connectivity index (χ3n) is 4.99. The molecule has 29 heavy (non-hydrogen) atoms. The van der Waals surface area contributed by atoms with Gasteiger partial charge in [0, 0.05) is 31.1 Å². The maximum absolute atomic E-state index is 5.52. The van der Waals surface area contributed by atoms with E-state index >= 15 is 0 Å². The van der Waals surface area contributed by atoms with Crippen molar-refractivity contribution < 1.29 is 4.74 Å². The van der Waals surface area contributed by atoms with Gasteiger partial charge >= 0.3 is 0 Å². The normalized spacial score (nSPS) is 16.5. The van der Waals surface area contributed by atoms with Crippen molar-refractivity contribution in [2.45, 2.75) is 33.7 Å². The summed E-state index contributed by atoms with van der Waals surface area (Å²) in [5.74, 6) is 2.41. The SMILES string of the molecule is CCNC(=NCc1sc(C)nc1C)NCC1CCN(c2ccccc2OC)C1.I. The van der Waals surface area contributed by atoms with E-state index < -0.39 is 0 Å². The highest BCUT2D eigenvalue weighted by Crippen LogP contribution is 2.31. The largest absolute Gasteiger partial charge is 0.495 e. The molecule has 6 nitrogen and oxygen atoms in total. The summed E-state index contributed by atoms with van der Waals surface area (Å²) in [5, 5.41) is 7.98. The van der Waals surface area contributed by atoms with Crippen molar-refractivity contribution in [3.8, 4) is 5.75 Å². The van der Waals surface area contributed by atoms with E-state index in [-0.39, 0.29) is 24.0 Å². The first-order valence-electron chi connectivity index (χ1n) is 9.93. The van der Waals surface area contributed by atoms with Crippen molar-refractivity contribution in [2.24, 2.45) is 10.9 Å². The van der Waals surface area contributed by atoms with E-state index in [0.717, 1.165) is 55.0 Å². The van der Waals surface area contributed by atoms with E-state index in [1.807, 2.05) is 19.1 Å². The van der Waals surface area contributed by atoms with Crippen LogP contribution in [0, 0.1) is 19.8 Å². The van der Waals surface area contributed by atoms with Crippen LogP contribution in [-0.2, 0) is 6.54 Å². The number of aromatic nitrogens is 1. The molecule has 0 amide bonds. The number of aliphatic imine (C=N–C) groups is 1. The lowest BCUT2D eigenvalue weighted by Crippen LogP contribution is -2.40. The molecule has 2 aromatic rings. The topological polar surface area (TPSA) is 61.8 Å². The lowest BCUT2D eigenvalue weighted by atomic mass is 10.1. The summed E-state index contributed by atoms with van der Waals surface area (Å²) in [6.45, 7) is 10.7. The molecule has 0 saturated carbocycles. The van der Waals surface area contributed by atoms with Gasteiger partial charge in [0.2, 0.25) is 0 Å². The molecule has 1 saturated heterocycles. The van der Waals surface area contributed by atoms with Crippen LogP contribution in [-0.4, -0.2) is 44.2 Å². The Kier molecular flexibility index (Phi) is 9.48. The molecule has 1 aromatic heterocycles. The fourth-order valence-corrected chi connectivity index (χ4v) is 4.42. The lowest BCUT2D eigenvalue weighted by Gasteiger charge is -2.21. The minimum absolute atomic E-state index is 0. The van der Waals surface area contributed by atoms with Gasteiger partial charge in [0.25, 0.3) is 0 Å². The molecule has 1 unspecified atom stereocenters. The van der Waals surface area contributed by atoms with Crippen molar-refractivity contribution in [1.29, 1.82) is 0 Å². The third-order valence-corrected chi connectivity index (χ3v) is 6.05. The molecule has 0 radical (unpaired) electrons. The highest BCUT2D eigenvalue weighted by atomic mass is 127. The fraction of sp³-hybridized carbons (Fsp3) is 0.524. The van der Waals surface area contributed by atoms with Crippen molar-refractivity contribution in [3.63, 3.8) is 0 Å². The first-order chi connectivity index (χ1) is 13.6. The molecule has 0 spiro atoms. The molecule has 3 rings (SSSR count). The molecule has 1 aliphatic rings. The molecule has 1 fully saturated rings. The number of anilines is 1. The molecule has 160 valence electrons. The minimum atomic E-state index is 0. The van der Waals surface area contributed by atoms with Gasteiger partial charge in [-0.05, 0) is 45.2 Å². The van der Waals surface area contributed by atoms with Gasteiger partial charge in [0.1, 0.15) is 5.75 Å². The summed E-state index contributed by atoms with van der Waals surface area (Å²) in [4.78, 5) is 12.9. The van der Waals surface area contributed by atoms with E-state index in [1.165, 1.54) is 10.6 Å². The number of guanidine groups is 1. The van der Waals surface area contributed by atoms with E-state index in [0.29, 0.717) is 12.5 Å². The zero-order chi connectivity index (χ0) is 19.9. The number of para-hydroxylation sites is 2. The summed E-state index contributed by atoms with van der Waals surface area (Å²) >= 11 is 1.73. The van der Waals surface area contributed by atoms with Gasteiger partial charge in [-0.2, -0.15) is 0 Å². The number of nitrogens with one attached hydrogen (secondary N) is 2. The van der Waals surface area contributed by atoms with E-state index in [2.05, 4.69) is 46.5 Å². The average Bonchev–Trinajstić information content (AvgIpc) is 3.29. The van der Waals surface area contributed by atoms with Crippen molar-refractivity contribution in [1.82, 2.24) is 15.6 Å². The van der Waals surface area contributed by atoms with Crippen LogP contribution < -0.4 is 20.3 Å². The Morgan fingerprint density at radius 2 is 2.10 bits per heavy atom. The number of hydrogen-bond acceptors (Lipinski definition) is 5. The number of halogens is 1. The summed E-state index contributed by atoms with van der Waals surface area (Å²) in [5.41, 5.74) is 2.27. The van der Waals surface area contributed by atoms with E-state index in [9.17, 15) is 0 Å². The van der Waals surface area contributed by atoms with Gasteiger partial charge in [0.15, 0.2) is 5.96 Å². The Morgan fingerprint density at radius 3 is 2.79 bits per heavy atom. The molecule has 8 heteroatoms. The molecule has 1 aliphatic heterocycles. The molecule has 2 N–H and O–H groups in total. The van der Waals surface area contributed by atoms with Gasteiger partial charge in [-0.15, -0.1) is 35.3 Å². The predicted octanol–water partition coefficient (Wildman–Crippen LogP) is 3.97. The number of nitrogens with zero attached hydrogens (tertiary/aromatic N) is 3. The first kappa shape index (κ1) is 23.7. The van der Waals surface area contributed by atoms with Crippen LogP contribution in [0.3, 0.4) is 0 Å². The summed E-state index contributed by atoms with van der Waals surface area (Å²) < 4.78 is 5.52. The smallest absolute Gasteiger partial charge is 0.191 e. The highest BCUT2D eigenvalue weighted by molar-refractivity contribution is 14.0. The van der Waals surface area contributed by atoms with Crippen LogP contribution >= 0.6 is 35.3 Å². The van der Waals surface area contributed by atoms with Crippen molar-refractivity contribution in [2.75, 3.05) is 38.2 Å². The molecule has 0 aliphatic carbocycles. The predicted molar refractivity (Wildman–Crippen MR) is 133 cm³/mol. The zero-order valence-corrected chi connectivity index (χ0v) is 20.8. The molecule has 2 heterocycles. The van der Waals surface area contributed by atoms with E-state index in [4.69, 9.17) is 9.73 Å². The van der Waals surface area contributed by atoms with Gasteiger partial charge < -0.3 is 20.3 Å². The van der Waals surface area contributed by atoms with Crippen LogP contribution in [0.25, 0.3) is 0 Å². The van der Waals surface area contributed by atoms with Crippen LogP contribution in [0.4, 0.5) is 5.69 Å². The monoisotopic (exact) mass is 529 g/mol. The molecule has 1 aromatic carbocycles. The molecule has 1 atom stereocenters. The van der Waals surface area contributed by atoms with Gasteiger partial charge in [-0.25, -0.2) is 9.98 Å². The molecular weight excluding hydrogens is 497 g/mol. The number of ether oxygens (including phenoxy) is 1. The second kappa shape index (κ2) is 11.6. The maximum Gasteiger partial charge on any atom is 0.191 e. The van der Waals surface area contributed by atoms with Crippen LogP contribution in [0.5, 0.6) is 5.75 Å². The summed E-state index contributed by atoms with van der Waals surface area (Å²) in [6, 6.07) is 8.25. The van der Waals surface area contributed by atoms with E-state index in [1.54, 1.807) is 18.4 Å². The Balaban J connectivity index is 0.00000300. The lowest BCUT2D eigenvalue weighted by molar-refractivity contribution is 0.414. The second-order valence-corrected chi connectivity index (χ2v) is 8.38. The Hall–Kier alpha value is -1.55. The van der Waals surface area contributed by atoms with Crippen molar-refractivity contribution >= 4 is 47.0 Å². The number of methoxy groups -OCH3 is 1. The molecule has 0 bridgehead atoms. The number of hydrogen-bond donors (Lipinski definition) is 2. The Bertz CT molecular complexity index is 810. The van der Waals surface area contributed by atoms with Crippen molar-refractivity contribution in [3.05, 3.63) is 39.8 Å². The molecular formula is C21H32IN5OS. The minimum Gasteiger partial charge on any atom is -0.495 e. The van der Waals surface area contributed by atoms with Crippen LogP contribution in [0.15, 0.2) is 29.3 Å². The van der Waals surface area contributed by atoms with Crippen LogP contribution in [0.1, 0.15) is 28.9 Å². The maximum atomic E-state index is 5.52. The standard InChI is InChI=1S/C21H31N5OS.HI/c1-5-22-21(24-13-20-15(2)25-16(3)28-20)23-12-17-10-11-26(14-17)18-8-6-7-9-19(18)27-4;/h6-9,17H,5,10-14H2,1-4H3,(H2,22,23,24);1H. The zero-order valence-electron chi connectivity index (χ0n) is 17.7. The quantitative estimate of drug-likeness (QED) is 0.323.